The topological polar surface area (TPSA) is 78.0 Å². The molecule has 1 amide bonds. The molecule has 3 aromatic heterocycles. The molecule has 0 unspecified atom stereocenters. The summed E-state index contributed by atoms with van der Waals surface area (Å²) in [5.74, 6) is 0.130. The normalized spacial score (nSPS) is 11.2. The zero-order chi connectivity index (χ0) is 19.7. The molecule has 1 aromatic carbocycles. The zero-order valence-corrected chi connectivity index (χ0v) is 17.0. The molecular weight excluding hydrogens is 390 g/mol. The minimum atomic E-state index is -0.441. The predicted octanol–water partition coefficient (Wildman–Crippen LogP) is 4.29. The summed E-state index contributed by atoms with van der Waals surface area (Å²) in [6.45, 7) is 2.30. The summed E-state index contributed by atoms with van der Waals surface area (Å²) in [7, 11) is 0. The molecule has 2 N–H and O–H groups in total. The highest BCUT2D eigenvalue weighted by Gasteiger charge is 2.22. The molecular formula is C21H19N3O2S2. The Morgan fingerprint density at radius 1 is 1.18 bits per heavy atom. The molecule has 0 aliphatic carbocycles. The molecule has 4 rings (SSSR count). The predicted molar refractivity (Wildman–Crippen MR) is 116 cm³/mol. The van der Waals surface area contributed by atoms with Crippen molar-refractivity contribution in [3.8, 4) is 21.8 Å². The SMILES string of the molecule is CCc1sc2nc(-c3ccccc3)n(CCC(N)=O)c(=O)c2c1-c1cccs1. The summed E-state index contributed by atoms with van der Waals surface area (Å²) in [4.78, 5) is 32.8. The number of benzene rings is 1. The number of aryl methyl sites for hydroxylation is 1. The fraction of sp³-hybridized carbons (Fsp3) is 0.190. The Morgan fingerprint density at radius 2 is 1.96 bits per heavy atom. The van der Waals surface area contributed by atoms with Crippen LogP contribution in [0.2, 0.25) is 0 Å². The minimum absolute atomic E-state index is 0.0893. The first-order valence-corrected chi connectivity index (χ1v) is 10.7. The molecule has 0 aliphatic rings. The van der Waals surface area contributed by atoms with E-state index >= 15 is 0 Å². The zero-order valence-electron chi connectivity index (χ0n) is 15.3. The van der Waals surface area contributed by atoms with Crippen molar-refractivity contribution in [1.29, 1.82) is 0 Å². The summed E-state index contributed by atoms with van der Waals surface area (Å²) in [5, 5.41) is 2.64. The molecule has 0 radical (unpaired) electrons. The highest BCUT2D eigenvalue weighted by molar-refractivity contribution is 7.20. The largest absolute Gasteiger partial charge is 0.370 e. The van der Waals surface area contributed by atoms with E-state index in [0.717, 1.165) is 32.1 Å². The van der Waals surface area contributed by atoms with E-state index in [1.54, 1.807) is 27.2 Å². The lowest BCUT2D eigenvalue weighted by atomic mass is 10.1. The van der Waals surface area contributed by atoms with Crippen LogP contribution in [-0.4, -0.2) is 15.5 Å². The van der Waals surface area contributed by atoms with Crippen LogP contribution in [0, 0.1) is 0 Å². The maximum absolute atomic E-state index is 13.6. The Bertz CT molecular complexity index is 1190. The highest BCUT2D eigenvalue weighted by atomic mass is 32.1. The minimum Gasteiger partial charge on any atom is -0.370 e. The third-order valence-corrected chi connectivity index (χ3v) is 6.70. The van der Waals surface area contributed by atoms with Gasteiger partial charge in [-0.25, -0.2) is 4.98 Å². The molecule has 0 bridgehead atoms. The molecule has 3 heterocycles. The average Bonchev–Trinajstić information content (AvgIpc) is 3.34. The van der Waals surface area contributed by atoms with Crippen LogP contribution >= 0.6 is 22.7 Å². The van der Waals surface area contributed by atoms with Crippen molar-refractivity contribution in [3.05, 3.63) is 63.1 Å². The number of carbonyl (C=O) groups excluding carboxylic acids is 1. The van der Waals surface area contributed by atoms with Gasteiger partial charge in [-0.2, -0.15) is 0 Å². The van der Waals surface area contributed by atoms with Gasteiger partial charge in [0.05, 0.1) is 5.39 Å². The average molecular weight is 410 g/mol. The number of nitrogens with zero attached hydrogens (tertiary/aromatic N) is 2. The first-order chi connectivity index (χ1) is 13.6. The molecule has 7 heteroatoms. The summed E-state index contributed by atoms with van der Waals surface area (Å²) < 4.78 is 1.59. The van der Waals surface area contributed by atoms with Gasteiger partial charge in [0.15, 0.2) is 0 Å². The maximum Gasteiger partial charge on any atom is 0.263 e. The van der Waals surface area contributed by atoms with Gasteiger partial charge in [0.25, 0.3) is 5.56 Å². The number of nitrogens with two attached hydrogens (primary N) is 1. The van der Waals surface area contributed by atoms with Crippen LogP contribution in [0.25, 0.3) is 32.0 Å². The first kappa shape index (κ1) is 18.6. The number of hydrogen-bond donors (Lipinski definition) is 1. The monoisotopic (exact) mass is 409 g/mol. The van der Waals surface area contributed by atoms with E-state index in [1.165, 1.54) is 0 Å². The lowest BCUT2D eigenvalue weighted by molar-refractivity contribution is -0.118. The lowest BCUT2D eigenvalue weighted by Crippen LogP contribution is -2.26. The Labute approximate surface area is 170 Å². The Balaban J connectivity index is 2.04. The van der Waals surface area contributed by atoms with Gasteiger partial charge in [0.1, 0.15) is 10.7 Å². The van der Waals surface area contributed by atoms with Crippen LogP contribution < -0.4 is 11.3 Å². The number of rotatable bonds is 6. The van der Waals surface area contributed by atoms with E-state index in [0.29, 0.717) is 11.2 Å². The van der Waals surface area contributed by atoms with Crippen molar-refractivity contribution >= 4 is 38.8 Å². The van der Waals surface area contributed by atoms with Crippen molar-refractivity contribution in [2.24, 2.45) is 5.73 Å². The van der Waals surface area contributed by atoms with Crippen molar-refractivity contribution in [3.63, 3.8) is 0 Å². The first-order valence-electron chi connectivity index (χ1n) is 9.04. The molecule has 0 saturated heterocycles. The third-order valence-electron chi connectivity index (χ3n) is 4.59. The fourth-order valence-electron chi connectivity index (χ4n) is 3.30. The summed E-state index contributed by atoms with van der Waals surface area (Å²) in [6.07, 6.45) is 0.918. The van der Waals surface area contributed by atoms with E-state index in [9.17, 15) is 9.59 Å². The third kappa shape index (κ3) is 3.27. The number of hydrogen-bond acceptors (Lipinski definition) is 5. The van der Waals surface area contributed by atoms with Crippen LogP contribution in [0.4, 0.5) is 0 Å². The Hall–Kier alpha value is -2.77. The van der Waals surface area contributed by atoms with Gasteiger partial charge in [0, 0.05) is 33.8 Å². The van der Waals surface area contributed by atoms with Crippen LogP contribution in [0.15, 0.2) is 52.6 Å². The molecule has 0 spiro atoms. The highest BCUT2D eigenvalue weighted by Crippen LogP contribution is 2.39. The number of thiophene rings is 2. The fourth-order valence-corrected chi connectivity index (χ4v) is 5.28. The number of aromatic nitrogens is 2. The number of amides is 1. The Morgan fingerprint density at radius 3 is 2.61 bits per heavy atom. The molecule has 28 heavy (non-hydrogen) atoms. The quantitative estimate of drug-likeness (QED) is 0.516. The second kappa shape index (κ2) is 7.69. The molecule has 0 saturated carbocycles. The molecule has 5 nitrogen and oxygen atoms in total. The van der Waals surface area contributed by atoms with E-state index in [2.05, 4.69) is 6.92 Å². The second-order valence-electron chi connectivity index (χ2n) is 6.39. The standard InChI is InChI=1S/C21H19N3O2S2/c1-2-14-17(15-9-6-12-27-15)18-20(28-14)23-19(13-7-4-3-5-8-13)24(21(18)26)11-10-16(22)25/h3-9,12H,2,10-11H2,1H3,(H2,22,25). The molecule has 142 valence electrons. The van der Waals surface area contributed by atoms with Crippen molar-refractivity contribution in [1.82, 2.24) is 9.55 Å². The molecule has 0 fully saturated rings. The van der Waals surface area contributed by atoms with Gasteiger partial charge in [-0.05, 0) is 17.9 Å². The number of carbonyl (C=O) groups is 1. The van der Waals surface area contributed by atoms with Gasteiger partial charge >= 0.3 is 0 Å². The Kier molecular flexibility index (Phi) is 5.11. The number of fused-ring (bicyclic) bond motifs is 1. The van der Waals surface area contributed by atoms with Gasteiger partial charge in [0.2, 0.25) is 5.91 Å². The van der Waals surface area contributed by atoms with Crippen molar-refractivity contribution < 1.29 is 4.79 Å². The molecule has 4 aromatic rings. The van der Waals surface area contributed by atoms with E-state index < -0.39 is 5.91 Å². The van der Waals surface area contributed by atoms with Crippen molar-refractivity contribution in [2.45, 2.75) is 26.3 Å². The van der Waals surface area contributed by atoms with E-state index in [-0.39, 0.29) is 18.5 Å². The molecule has 0 aliphatic heterocycles. The van der Waals surface area contributed by atoms with Gasteiger partial charge < -0.3 is 5.73 Å². The lowest BCUT2D eigenvalue weighted by Gasteiger charge is -2.12. The maximum atomic E-state index is 13.6. The van der Waals surface area contributed by atoms with Crippen LogP contribution in [-0.2, 0) is 17.8 Å². The van der Waals surface area contributed by atoms with E-state index in [1.807, 2.05) is 47.8 Å². The second-order valence-corrected chi connectivity index (χ2v) is 8.42. The van der Waals surface area contributed by atoms with Crippen LogP contribution in [0.1, 0.15) is 18.2 Å². The molecule has 0 atom stereocenters. The summed E-state index contributed by atoms with van der Waals surface area (Å²) in [6, 6.07) is 13.6. The summed E-state index contributed by atoms with van der Waals surface area (Å²) >= 11 is 3.18. The van der Waals surface area contributed by atoms with Crippen LogP contribution in [0.3, 0.4) is 0 Å². The number of primary amides is 1. The smallest absolute Gasteiger partial charge is 0.263 e. The van der Waals surface area contributed by atoms with Gasteiger partial charge in [-0.15, -0.1) is 22.7 Å². The van der Waals surface area contributed by atoms with Crippen LogP contribution in [0.5, 0.6) is 0 Å². The van der Waals surface area contributed by atoms with E-state index in [4.69, 9.17) is 10.7 Å². The summed E-state index contributed by atoms with van der Waals surface area (Å²) in [5.41, 5.74) is 7.05. The van der Waals surface area contributed by atoms with Gasteiger partial charge in [-0.3, -0.25) is 14.2 Å². The van der Waals surface area contributed by atoms with Crippen molar-refractivity contribution in [2.75, 3.05) is 0 Å². The van der Waals surface area contributed by atoms with Gasteiger partial charge in [-0.1, -0.05) is 43.3 Å².